The first-order valence-electron chi connectivity index (χ1n) is 8.92. The molecule has 2 aromatic heterocycles. The maximum Gasteiger partial charge on any atom is 0.387 e. The zero-order valence-electron chi connectivity index (χ0n) is 15.6. The fraction of sp³-hybridized carbons (Fsp3) is 0.150. The Labute approximate surface area is 172 Å². The van der Waals surface area contributed by atoms with Gasteiger partial charge < -0.3 is 14.6 Å². The van der Waals surface area contributed by atoms with Crippen LogP contribution in [-0.4, -0.2) is 37.9 Å². The second kappa shape index (κ2) is 8.56. The summed E-state index contributed by atoms with van der Waals surface area (Å²) in [5.74, 6) is -1.61. The minimum Gasteiger partial charge on any atom is -0.474 e. The van der Waals surface area contributed by atoms with Crippen LogP contribution in [0.1, 0.15) is 11.7 Å². The van der Waals surface area contributed by atoms with E-state index in [-0.39, 0.29) is 23.8 Å². The first-order chi connectivity index (χ1) is 14.9. The molecule has 160 valence electrons. The lowest BCUT2D eigenvalue weighted by molar-refractivity contribution is -0.0498. The van der Waals surface area contributed by atoms with Crippen molar-refractivity contribution in [1.29, 1.82) is 0 Å². The quantitative estimate of drug-likeness (QED) is 0.446. The van der Waals surface area contributed by atoms with Crippen LogP contribution in [0.2, 0.25) is 0 Å². The average molecular weight is 434 g/mol. The SMILES string of the molecule is OC(COc1cncc2nnc(-c3ccc(OC(F)F)cc3)n12)c1ccc(F)c(F)c1. The van der Waals surface area contributed by atoms with Gasteiger partial charge in [-0.1, -0.05) is 6.07 Å². The third kappa shape index (κ3) is 4.40. The van der Waals surface area contributed by atoms with Gasteiger partial charge in [-0.2, -0.15) is 8.78 Å². The highest BCUT2D eigenvalue weighted by Crippen LogP contribution is 2.26. The van der Waals surface area contributed by atoms with Crippen LogP contribution in [0.15, 0.2) is 54.9 Å². The number of halogens is 4. The Morgan fingerprint density at radius 1 is 0.968 bits per heavy atom. The Balaban J connectivity index is 1.59. The van der Waals surface area contributed by atoms with Crippen molar-refractivity contribution in [2.45, 2.75) is 12.7 Å². The summed E-state index contributed by atoms with van der Waals surface area (Å²) in [6, 6.07) is 8.81. The Hall–Kier alpha value is -3.73. The summed E-state index contributed by atoms with van der Waals surface area (Å²) in [5, 5.41) is 18.3. The van der Waals surface area contributed by atoms with E-state index < -0.39 is 24.3 Å². The minimum atomic E-state index is -2.94. The normalized spacial score (nSPS) is 12.3. The lowest BCUT2D eigenvalue weighted by Gasteiger charge is -2.14. The van der Waals surface area contributed by atoms with Crippen molar-refractivity contribution in [1.82, 2.24) is 19.6 Å². The first-order valence-corrected chi connectivity index (χ1v) is 8.92. The number of hydrogen-bond acceptors (Lipinski definition) is 6. The van der Waals surface area contributed by atoms with Crippen LogP contribution in [0.4, 0.5) is 17.6 Å². The van der Waals surface area contributed by atoms with Crippen LogP contribution in [0, 0.1) is 11.6 Å². The molecule has 4 aromatic rings. The fourth-order valence-electron chi connectivity index (χ4n) is 2.88. The predicted molar refractivity (Wildman–Crippen MR) is 99.7 cm³/mol. The van der Waals surface area contributed by atoms with E-state index in [2.05, 4.69) is 19.9 Å². The van der Waals surface area contributed by atoms with E-state index in [0.29, 0.717) is 17.0 Å². The van der Waals surface area contributed by atoms with Gasteiger partial charge in [0.2, 0.25) is 5.88 Å². The number of aliphatic hydroxyl groups is 1. The molecule has 0 aliphatic heterocycles. The molecule has 0 amide bonds. The molecule has 1 N–H and O–H groups in total. The Morgan fingerprint density at radius 3 is 2.45 bits per heavy atom. The number of fused-ring (bicyclic) bond motifs is 1. The van der Waals surface area contributed by atoms with Crippen LogP contribution in [0.25, 0.3) is 17.0 Å². The summed E-state index contributed by atoms with van der Waals surface area (Å²) < 4.78 is 62.6. The molecule has 1 unspecified atom stereocenters. The van der Waals surface area contributed by atoms with Gasteiger partial charge in [-0.15, -0.1) is 10.2 Å². The van der Waals surface area contributed by atoms with Crippen LogP contribution in [0.3, 0.4) is 0 Å². The van der Waals surface area contributed by atoms with E-state index in [4.69, 9.17) is 4.74 Å². The zero-order chi connectivity index (χ0) is 22.0. The third-order valence-electron chi connectivity index (χ3n) is 4.34. The van der Waals surface area contributed by atoms with Gasteiger partial charge in [0.15, 0.2) is 23.1 Å². The topological polar surface area (TPSA) is 81.8 Å². The molecule has 0 radical (unpaired) electrons. The van der Waals surface area contributed by atoms with Crippen LogP contribution in [0.5, 0.6) is 11.6 Å². The summed E-state index contributed by atoms with van der Waals surface area (Å²) >= 11 is 0. The van der Waals surface area contributed by atoms with E-state index in [1.54, 1.807) is 0 Å². The van der Waals surface area contributed by atoms with Gasteiger partial charge in [0.25, 0.3) is 0 Å². The minimum absolute atomic E-state index is 0.0136. The van der Waals surface area contributed by atoms with Gasteiger partial charge in [0, 0.05) is 5.56 Å². The van der Waals surface area contributed by atoms with Gasteiger partial charge in [0.05, 0.1) is 12.4 Å². The summed E-state index contributed by atoms with van der Waals surface area (Å²) in [5.41, 5.74) is 1.01. The standard InChI is InChI=1S/C20H14F4N4O3/c21-14-6-3-12(7-15(14)22)16(29)10-30-18-9-25-8-17-26-27-19(28(17)18)11-1-4-13(5-2-11)31-20(23)24/h1-9,16,20,29H,10H2. The number of rotatable bonds is 7. The lowest BCUT2D eigenvalue weighted by atomic mass is 10.1. The first kappa shape index (κ1) is 20.5. The molecule has 4 rings (SSSR count). The highest BCUT2D eigenvalue weighted by molar-refractivity contribution is 5.61. The third-order valence-corrected chi connectivity index (χ3v) is 4.34. The van der Waals surface area contributed by atoms with Gasteiger partial charge in [-0.05, 0) is 42.0 Å². The number of hydrogen-bond donors (Lipinski definition) is 1. The molecular weight excluding hydrogens is 420 g/mol. The molecule has 0 saturated heterocycles. The van der Waals surface area contributed by atoms with E-state index in [1.165, 1.54) is 47.1 Å². The monoisotopic (exact) mass is 434 g/mol. The smallest absolute Gasteiger partial charge is 0.387 e. The molecule has 31 heavy (non-hydrogen) atoms. The summed E-state index contributed by atoms with van der Waals surface area (Å²) in [6.07, 6.45) is 1.56. The van der Waals surface area contributed by atoms with Gasteiger partial charge in [-0.25, -0.2) is 13.2 Å². The number of nitrogens with zero attached hydrogens (tertiary/aromatic N) is 4. The van der Waals surface area contributed by atoms with Crippen molar-refractivity contribution in [3.05, 3.63) is 72.1 Å². The zero-order valence-corrected chi connectivity index (χ0v) is 15.6. The second-order valence-corrected chi connectivity index (χ2v) is 6.37. The molecule has 11 heteroatoms. The molecule has 0 saturated carbocycles. The number of alkyl halides is 2. The molecule has 0 fully saturated rings. The summed E-state index contributed by atoms with van der Waals surface area (Å²) in [7, 11) is 0. The van der Waals surface area contributed by atoms with Crippen molar-refractivity contribution in [3.63, 3.8) is 0 Å². The fourth-order valence-corrected chi connectivity index (χ4v) is 2.88. The van der Waals surface area contributed by atoms with Crippen LogP contribution in [-0.2, 0) is 0 Å². The van der Waals surface area contributed by atoms with Gasteiger partial charge in [0.1, 0.15) is 18.5 Å². The molecule has 0 aliphatic carbocycles. The second-order valence-electron chi connectivity index (χ2n) is 6.37. The number of aliphatic hydroxyl groups excluding tert-OH is 1. The Bertz CT molecular complexity index is 1200. The van der Waals surface area contributed by atoms with Gasteiger partial charge >= 0.3 is 6.61 Å². The molecule has 0 bridgehead atoms. The average Bonchev–Trinajstić information content (AvgIpc) is 3.19. The maximum atomic E-state index is 13.4. The largest absolute Gasteiger partial charge is 0.474 e. The predicted octanol–water partition coefficient (Wildman–Crippen LogP) is 3.78. The molecular formula is C20H14F4N4O3. The molecule has 1 atom stereocenters. The Morgan fingerprint density at radius 2 is 1.74 bits per heavy atom. The molecule has 2 aromatic carbocycles. The number of benzene rings is 2. The molecule has 2 heterocycles. The molecule has 0 spiro atoms. The number of aromatic nitrogens is 4. The van der Waals surface area contributed by atoms with Crippen molar-refractivity contribution < 1.29 is 32.1 Å². The van der Waals surface area contributed by atoms with Crippen molar-refractivity contribution in [2.75, 3.05) is 6.61 Å². The highest BCUT2D eigenvalue weighted by Gasteiger charge is 2.16. The van der Waals surface area contributed by atoms with E-state index in [1.807, 2.05) is 0 Å². The van der Waals surface area contributed by atoms with Crippen molar-refractivity contribution >= 4 is 5.65 Å². The maximum absolute atomic E-state index is 13.4. The van der Waals surface area contributed by atoms with Crippen molar-refractivity contribution in [2.24, 2.45) is 0 Å². The highest BCUT2D eigenvalue weighted by atomic mass is 19.3. The molecule has 7 nitrogen and oxygen atoms in total. The summed E-state index contributed by atoms with van der Waals surface area (Å²) in [6.45, 7) is -3.23. The summed E-state index contributed by atoms with van der Waals surface area (Å²) in [4.78, 5) is 4.00. The van der Waals surface area contributed by atoms with Crippen LogP contribution >= 0.6 is 0 Å². The molecule has 0 aliphatic rings. The van der Waals surface area contributed by atoms with Crippen LogP contribution < -0.4 is 9.47 Å². The Kier molecular flexibility index (Phi) is 5.67. The van der Waals surface area contributed by atoms with E-state index in [9.17, 15) is 22.7 Å². The van der Waals surface area contributed by atoms with E-state index >= 15 is 0 Å². The number of ether oxygens (including phenoxy) is 2. The van der Waals surface area contributed by atoms with E-state index in [0.717, 1.165) is 12.1 Å². The lowest BCUT2D eigenvalue weighted by Crippen LogP contribution is -2.12. The van der Waals surface area contributed by atoms with Crippen molar-refractivity contribution in [3.8, 4) is 23.0 Å². The van der Waals surface area contributed by atoms with Gasteiger partial charge in [-0.3, -0.25) is 4.98 Å².